The topological polar surface area (TPSA) is 90.9 Å². The molecule has 9 nitrogen and oxygen atoms in total. The summed E-state index contributed by atoms with van der Waals surface area (Å²) in [6.45, 7) is 15.3. The van der Waals surface area contributed by atoms with E-state index in [0.29, 0.717) is 85.9 Å². The molecule has 0 aromatic carbocycles. The van der Waals surface area contributed by atoms with Crippen molar-refractivity contribution >= 4 is 5.97 Å². The maximum atomic E-state index is 11.6. The van der Waals surface area contributed by atoms with Gasteiger partial charge in [-0.1, -0.05) is 84.0 Å². The van der Waals surface area contributed by atoms with Gasteiger partial charge in [-0.2, -0.15) is 0 Å². The minimum absolute atomic E-state index is 0.244. The standard InChI is InChI=1S/C34H68O9/c1-5-6-7-8-9-10-11-12-13-14-15-16-17-19-36-21-23-38-25-27-40-29-31-42-32-30-41-28-26-39-24-22-37-20-18-33(35)43-34(2,3)4/h5-32H2,1-4H3. The first kappa shape index (κ1) is 42.2. The number of unbranched alkanes of at least 4 members (excludes halogenated alkanes) is 12. The van der Waals surface area contributed by atoms with E-state index in [1.807, 2.05) is 20.8 Å². The SMILES string of the molecule is CCCCCCCCCCCCCCCOCCOCCOCCOCCOCCOCCOCCC(=O)OC(C)(C)C. The molecule has 0 amide bonds. The van der Waals surface area contributed by atoms with Crippen molar-refractivity contribution in [2.45, 2.75) is 123 Å². The molecule has 0 saturated heterocycles. The normalized spacial score (nSPS) is 11.8. The maximum absolute atomic E-state index is 11.6. The van der Waals surface area contributed by atoms with E-state index in [4.69, 9.17) is 37.9 Å². The Bertz CT molecular complexity index is 554. The predicted octanol–water partition coefficient (Wildman–Crippen LogP) is 6.93. The molecule has 0 aliphatic heterocycles. The molecule has 0 N–H and O–H groups in total. The maximum Gasteiger partial charge on any atom is 0.308 e. The van der Waals surface area contributed by atoms with Crippen molar-refractivity contribution in [2.24, 2.45) is 0 Å². The highest BCUT2D eigenvalue weighted by atomic mass is 16.6. The number of hydrogen-bond acceptors (Lipinski definition) is 9. The summed E-state index contributed by atoms with van der Waals surface area (Å²) < 4.78 is 43.7. The zero-order valence-electron chi connectivity index (χ0n) is 28.5. The van der Waals surface area contributed by atoms with E-state index in [1.54, 1.807) is 0 Å². The van der Waals surface area contributed by atoms with Gasteiger partial charge < -0.3 is 37.9 Å². The fourth-order valence-electron chi connectivity index (χ4n) is 4.19. The third-order valence-electron chi connectivity index (χ3n) is 6.49. The van der Waals surface area contributed by atoms with Gasteiger partial charge in [0.05, 0.1) is 92.3 Å². The van der Waals surface area contributed by atoms with Gasteiger partial charge >= 0.3 is 5.97 Å². The first-order valence-corrected chi connectivity index (χ1v) is 17.2. The van der Waals surface area contributed by atoms with E-state index in [9.17, 15) is 4.79 Å². The first-order valence-electron chi connectivity index (χ1n) is 17.2. The highest BCUT2D eigenvalue weighted by molar-refractivity contribution is 5.69. The van der Waals surface area contributed by atoms with Crippen LogP contribution in [-0.2, 0) is 42.7 Å². The summed E-state index contributed by atoms with van der Waals surface area (Å²) in [5.74, 6) is -0.254. The monoisotopic (exact) mass is 620 g/mol. The Balaban J connectivity index is 3.09. The smallest absolute Gasteiger partial charge is 0.308 e. The zero-order valence-corrected chi connectivity index (χ0v) is 28.5. The average Bonchev–Trinajstić information content (AvgIpc) is 2.96. The molecule has 0 saturated carbocycles. The number of rotatable bonds is 35. The van der Waals surface area contributed by atoms with Gasteiger partial charge in [-0.15, -0.1) is 0 Å². The summed E-state index contributed by atoms with van der Waals surface area (Å²) in [5, 5.41) is 0. The number of esters is 1. The van der Waals surface area contributed by atoms with E-state index in [0.717, 1.165) is 13.0 Å². The van der Waals surface area contributed by atoms with Gasteiger partial charge in [0, 0.05) is 6.61 Å². The molecule has 0 heterocycles. The number of carbonyl (C=O) groups excluding carboxylic acids is 1. The second-order valence-corrected chi connectivity index (χ2v) is 11.9. The molecule has 0 radical (unpaired) electrons. The van der Waals surface area contributed by atoms with Crippen LogP contribution in [0, 0.1) is 0 Å². The van der Waals surface area contributed by atoms with Crippen molar-refractivity contribution in [3.8, 4) is 0 Å². The van der Waals surface area contributed by atoms with Crippen LogP contribution in [-0.4, -0.2) is 104 Å². The first-order chi connectivity index (χ1) is 21.0. The summed E-state index contributed by atoms with van der Waals surface area (Å²) in [6.07, 6.45) is 18.0. The van der Waals surface area contributed by atoms with E-state index in [-0.39, 0.29) is 12.4 Å². The summed E-state index contributed by atoms with van der Waals surface area (Å²) in [4.78, 5) is 11.6. The Kier molecular flexibility index (Phi) is 33.4. The molecule has 43 heavy (non-hydrogen) atoms. The fourth-order valence-corrected chi connectivity index (χ4v) is 4.19. The predicted molar refractivity (Wildman–Crippen MR) is 172 cm³/mol. The van der Waals surface area contributed by atoms with Crippen LogP contribution < -0.4 is 0 Å². The Morgan fingerprint density at radius 2 is 0.674 bits per heavy atom. The lowest BCUT2D eigenvalue weighted by atomic mass is 10.0. The molecule has 258 valence electrons. The summed E-state index contributed by atoms with van der Waals surface area (Å²) in [5.41, 5.74) is -0.463. The second-order valence-electron chi connectivity index (χ2n) is 11.9. The molecule has 0 aliphatic carbocycles. The van der Waals surface area contributed by atoms with Gasteiger partial charge in [0.15, 0.2) is 0 Å². The highest BCUT2D eigenvalue weighted by Crippen LogP contribution is 2.12. The van der Waals surface area contributed by atoms with Crippen LogP contribution in [0.15, 0.2) is 0 Å². The Morgan fingerprint density at radius 3 is 1.00 bits per heavy atom. The molecule has 0 bridgehead atoms. The van der Waals surface area contributed by atoms with Gasteiger partial charge in [0.2, 0.25) is 0 Å². The Morgan fingerprint density at radius 1 is 0.395 bits per heavy atom. The highest BCUT2D eigenvalue weighted by Gasteiger charge is 2.15. The zero-order chi connectivity index (χ0) is 31.5. The molecule has 0 unspecified atom stereocenters. The molecular formula is C34H68O9. The number of hydrogen-bond donors (Lipinski definition) is 0. The fraction of sp³-hybridized carbons (Fsp3) is 0.971. The van der Waals surface area contributed by atoms with Crippen molar-refractivity contribution < 1.29 is 42.7 Å². The van der Waals surface area contributed by atoms with Gasteiger partial charge in [-0.3, -0.25) is 4.79 Å². The van der Waals surface area contributed by atoms with E-state index >= 15 is 0 Å². The van der Waals surface area contributed by atoms with Crippen molar-refractivity contribution in [1.29, 1.82) is 0 Å². The molecule has 0 atom stereocenters. The Hall–Kier alpha value is -0.810. The average molecular weight is 621 g/mol. The lowest BCUT2D eigenvalue weighted by Gasteiger charge is -2.19. The molecule has 0 fully saturated rings. The lowest BCUT2D eigenvalue weighted by Crippen LogP contribution is -2.24. The van der Waals surface area contributed by atoms with Crippen LogP contribution >= 0.6 is 0 Å². The van der Waals surface area contributed by atoms with Crippen LogP contribution in [0.5, 0.6) is 0 Å². The molecule has 0 rings (SSSR count). The lowest BCUT2D eigenvalue weighted by molar-refractivity contribution is -0.156. The van der Waals surface area contributed by atoms with Crippen LogP contribution in [0.1, 0.15) is 118 Å². The van der Waals surface area contributed by atoms with Crippen LogP contribution in [0.2, 0.25) is 0 Å². The van der Waals surface area contributed by atoms with Crippen LogP contribution in [0.25, 0.3) is 0 Å². The van der Waals surface area contributed by atoms with Crippen molar-refractivity contribution in [3.05, 3.63) is 0 Å². The second kappa shape index (κ2) is 34.1. The third kappa shape index (κ3) is 39.2. The largest absolute Gasteiger partial charge is 0.460 e. The third-order valence-corrected chi connectivity index (χ3v) is 6.49. The van der Waals surface area contributed by atoms with Gasteiger partial charge in [0.25, 0.3) is 0 Å². The Labute approximate surface area is 264 Å². The molecular weight excluding hydrogens is 552 g/mol. The minimum Gasteiger partial charge on any atom is -0.460 e. The van der Waals surface area contributed by atoms with Gasteiger partial charge in [-0.25, -0.2) is 0 Å². The summed E-state index contributed by atoms with van der Waals surface area (Å²) in [7, 11) is 0. The van der Waals surface area contributed by atoms with Gasteiger partial charge in [-0.05, 0) is 27.2 Å². The number of carbonyl (C=O) groups is 1. The van der Waals surface area contributed by atoms with Crippen molar-refractivity contribution in [2.75, 3.05) is 92.5 Å². The molecule has 0 aromatic heterocycles. The summed E-state index contributed by atoms with van der Waals surface area (Å²) in [6, 6.07) is 0. The van der Waals surface area contributed by atoms with E-state index in [1.165, 1.54) is 77.0 Å². The number of ether oxygens (including phenoxy) is 8. The molecule has 0 aliphatic rings. The molecule has 9 heteroatoms. The van der Waals surface area contributed by atoms with E-state index < -0.39 is 5.60 Å². The van der Waals surface area contributed by atoms with E-state index in [2.05, 4.69) is 6.92 Å². The van der Waals surface area contributed by atoms with Gasteiger partial charge in [0.1, 0.15) is 5.60 Å². The van der Waals surface area contributed by atoms with Crippen LogP contribution in [0.4, 0.5) is 0 Å². The quantitative estimate of drug-likeness (QED) is 0.0553. The van der Waals surface area contributed by atoms with Crippen LogP contribution in [0.3, 0.4) is 0 Å². The summed E-state index contributed by atoms with van der Waals surface area (Å²) >= 11 is 0. The minimum atomic E-state index is -0.463. The van der Waals surface area contributed by atoms with Crippen molar-refractivity contribution in [3.63, 3.8) is 0 Å². The van der Waals surface area contributed by atoms with Crippen molar-refractivity contribution in [1.82, 2.24) is 0 Å². The molecule has 0 spiro atoms. The molecule has 0 aromatic rings.